The van der Waals surface area contributed by atoms with Gasteiger partial charge in [0.05, 0.1) is 0 Å². The molecule has 1 aliphatic carbocycles. The number of aryl methyl sites for hydroxylation is 2. The van der Waals surface area contributed by atoms with E-state index < -0.39 is 0 Å². The fourth-order valence-corrected chi connectivity index (χ4v) is 3.54. The van der Waals surface area contributed by atoms with Crippen LogP contribution in [0.3, 0.4) is 0 Å². The summed E-state index contributed by atoms with van der Waals surface area (Å²) < 4.78 is 0. The Kier molecular flexibility index (Phi) is 3.58. The topological polar surface area (TPSA) is 20.3 Å². The van der Waals surface area contributed by atoms with Crippen molar-refractivity contribution in [3.8, 4) is 0 Å². The lowest BCUT2D eigenvalue weighted by molar-refractivity contribution is -0.120. The normalized spacial score (nSPS) is 22.7. The summed E-state index contributed by atoms with van der Waals surface area (Å²) in [6, 6.07) is 6.79. The molecule has 0 amide bonds. The molecule has 1 atom stereocenters. The Hall–Kier alpha value is -1.31. The Labute approximate surface area is 115 Å². The summed E-state index contributed by atoms with van der Waals surface area (Å²) >= 11 is 0. The molecule has 2 heteroatoms. The maximum atomic E-state index is 11.7. The Morgan fingerprint density at radius 2 is 2.16 bits per heavy atom. The lowest BCUT2D eigenvalue weighted by Gasteiger charge is -2.32. The van der Waals surface area contributed by atoms with E-state index in [4.69, 9.17) is 0 Å². The molecule has 0 radical (unpaired) electrons. The predicted octanol–water partition coefficient (Wildman–Crippen LogP) is 3.51. The summed E-state index contributed by atoms with van der Waals surface area (Å²) in [5.74, 6) is 0.844. The third-order valence-corrected chi connectivity index (χ3v) is 4.63. The minimum atomic E-state index is 0.343. The fraction of sp³-hybridized carbons (Fsp3) is 0.588. The molecule has 1 aromatic carbocycles. The van der Waals surface area contributed by atoms with Gasteiger partial charge in [0.1, 0.15) is 5.78 Å². The molecule has 0 spiro atoms. The first-order valence-electron chi connectivity index (χ1n) is 7.61. The number of rotatable bonds is 3. The number of fused-ring (bicyclic) bond motifs is 1. The van der Waals surface area contributed by atoms with Gasteiger partial charge in [-0.2, -0.15) is 0 Å². The number of carbonyl (C=O) groups excluding carboxylic acids is 1. The van der Waals surface area contributed by atoms with Crippen LogP contribution in [0.15, 0.2) is 18.2 Å². The average Bonchev–Trinajstić information content (AvgIpc) is 2.81. The van der Waals surface area contributed by atoms with Gasteiger partial charge in [0.15, 0.2) is 0 Å². The molecule has 0 N–H and O–H groups in total. The molecule has 1 aliphatic heterocycles. The Balaban J connectivity index is 1.68. The molecular formula is C17H23NO. The zero-order valence-electron chi connectivity index (χ0n) is 11.8. The zero-order valence-corrected chi connectivity index (χ0v) is 11.8. The minimum absolute atomic E-state index is 0.343. The van der Waals surface area contributed by atoms with Crippen molar-refractivity contribution in [2.75, 3.05) is 18.0 Å². The van der Waals surface area contributed by atoms with Crippen molar-refractivity contribution in [3.63, 3.8) is 0 Å². The lowest BCUT2D eigenvalue weighted by atomic mass is 9.97. The van der Waals surface area contributed by atoms with E-state index in [9.17, 15) is 4.79 Å². The number of hydrogen-bond donors (Lipinski definition) is 0. The fourth-order valence-electron chi connectivity index (χ4n) is 3.54. The van der Waals surface area contributed by atoms with Gasteiger partial charge < -0.3 is 4.90 Å². The molecule has 0 aromatic heterocycles. The molecule has 2 aliphatic rings. The van der Waals surface area contributed by atoms with Crippen LogP contribution in [0.5, 0.6) is 0 Å². The first kappa shape index (κ1) is 12.7. The summed E-state index contributed by atoms with van der Waals surface area (Å²) in [4.78, 5) is 14.2. The van der Waals surface area contributed by atoms with Crippen LogP contribution in [0.1, 0.15) is 43.2 Å². The third-order valence-electron chi connectivity index (χ3n) is 4.63. The van der Waals surface area contributed by atoms with Crippen molar-refractivity contribution in [1.29, 1.82) is 0 Å². The molecule has 0 bridgehead atoms. The molecule has 0 saturated heterocycles. The molecule has 1 aromatic rings. The largest absolute Gasteiger partial charge is 0.371 e. The number of ketones is 1. The molecule has 1 fully saturated rings. The standard InChI is InChI=1S/C17H23NO/c1-13-7-8-16-15(12-13)5-3-10-18(16)11-9-14-4-2-6-17(14)19/h7-8,12,14H,2-6,9-11H2,1H3. The van der Waals surface area contributed by atoms with Crippen molar-refractivity contribution in [1.82, 2.24) is 0 Å². The van der Waals surface area contributed by atoms with E-state index >= 15 is 0 Å². The second-order valence-electron chi connectivity index (χ2n) is 6.07. The molecule has 1 unspecified atom stereocenters. The second-order valence-corrected chi connectivity index (χ2v) is 6.07. The highest BCUT2D eigenvalue weighted by atomic mass is 16.1. The monoisotopic (exact) mass is 257 g/mol. The lowest BCUT2D eigenvalue weighted by Crippen LogP contribution is -2.31. The quantitative estimate of drug-likeness (QED) is 0.826. The van der Waals surface area contributed by atoms with Gasteiger partial charge in [0.25, 0.3) is 0 Å². The van der Waals surface area contributed by atoms with Gasteiger partial charge in [-0.05, 0) is 50.7 Å². The van der Waals surface area contributed by atoms with Crippen molar-refractivity contribution in [2.24, 2.45) is 5.92 Å². The first-order chi connectivity index (χ1) is 9.24. The van der Waals surface area contributed by atoms with Gasteiger partial charge in [-0.1, -0.05) is 17.7 Å². The maximum absolute atomic E-state index is 11.7. The Morgan fingerprint density at radius 1 is 1.26 bits per heavy atom. The zero-order chi connectivity index (χ0) is 13.2. The van der Waals surface area contributed by atoms with Gasteiger partial charge in [-0.3, -0.25) is 4.79 Å². The highest BCUT2D eigenvalue weighted by molar-refractivity contribution is 5.82. The van der Waals surface area contributed by atoms with E-state index in [-0.39, 0.29) is 0 Å². The van der Waals surface area contributed by atoms with Crippen LogP contribution < -0.4 is 4.90 Å². The van der Waals surface area contributed by atoms with Crippen LogP contribution in [0, 0.1) is 12.8 Å². The summed E-state index contributed by atoms with van der Waals surface area (Å²) in [5.41, 5.74) is 4.25. The third kappa shape index (κ3) is 2.68. The van der Waals surface area contributed by atoms with Crippen LogP contribution in [-0.4, -0.2) is 18.9 Å². The maximum Gasteiger partial charge on any atom is 0.136 e. The molecule has 102 valence electrons. The molecular weight excluding hydrogens is 234 g/mol. The molecule has 1 heterocycles. The average molecular weight is 257 g/mol. The number of hydrogen-bond acceptors (Lipinski definition) is 2. The summed E-state index contributed by atoms with van der Waals surface area (Å²) in [7, 11) is 0. The van der Waals surface area contributed by atoms with Gasteiger partial charge >= 0.3 is 0 Å². The predicted molar refractivity (Wildman–Crippen MR) is 78.7 cm³/mol. The van der Waals surface area contributed by atoms with Gasteiger partial charge in [0, 0.05) is 31.1 Å². The van der Waals surface area contributed by atoms with Crippen molar-refractivity contribution in [3.05, 3.63) is 29.3 Å². The molecule has 3 rings (SSSR count). The van der Waals surface area contributed by atoms with Gasteiger partial charge in [-0.25, -0.2) is 0 Å². The summed E-state index contributed by atoms with van der Waals surface area (Å²) in [6.07, 6.45) is 6.55. The van der Waals surface area contributed by atoms with Gasteiger partial charge in [0.2, 0.25) is 0 Å². The van der Waals surface area contributed by atoms with Crippen molar-refractivity contribution >= 4 is 11.5 Å². The van der Waals surface area contributed by atoms with Crippen LogP contribution in [0.4, 0.5) is 5.69 Å². The van der Waals surface area contributed by atoms with E-state index in [1.165, 1.54) is 29.7 Å². The molecule has 19 heavy (non-hydrogen) atoms. The molecule has 1 saturated carbocycles. The number of benzene rings is 1. The van der Waals surface area contributed by atoms with Gasteiger partial charge in [-0.15, -0.1) is 0 Å². The first-order valence-corrected chi connectivity index (χ1v) is 7.61. The number of nitrogens with zero attached hydrogens (tertiary/aromatic N) is 1. The highest BCUT2D eigenvalue weighted by Gasteiger charge is 2.25. The number of Topliss-reactive ketones (excluding diaryl/α,β-unsaturated/α-hetero) is 1. The van der Waals surface area contributed by atoms with Crippen LogP contribution in [0.25, 0.3) is 0 Å². The minimum Gasteiger partial charge on any atom is -0.371 e. The Bertz CT molecular complexity index is 480. The number of anilines is 1. The van der Waals surface area contributed by atoms with E-state index in [1.807, 2.05) is 0 Å². The second kappa shape index (κ2) is 5.36. The van der Waals surface area contributed by atoms with Crippen LogP contribution in [-0.2, 0) is 11.2 Å². The van der Waals surface area contributed by atoms with E-state index in [2.05, 4.69) is 30.0 Å². The van der Waals surface area contributed by atoms with Crippen LogP contribution in [0.2, 0.25) is 0 Å². The summed E-state index contributed by atoms with van der Waals surface area (Å²) in [6.45, 7) is 4.36. The molecule has 2 nitrogen and oxygen atoms in total. The smallest absolute Gasteiger partial charge is 0.136 e. The van der Waals surface area contributed by atoms with Crippen LogP contribution >= 0.6 is 0 Å². The van der Waals surface area contributed by atoms with E-state index in [0.717, 1.165) is 38.8 Å². The van der Waals surface area contributed by atoms with Crippen molar-refractivity contribution in [2.45, 2.75) is 45.4 Å². The highest BCUT2D eigenvalue weighted by Crippen LogP contribution is 2.30. The van der Waals surface area contributed by atoms with E-state index in [1.54, 1.807) is 0 Å². The summed E-state index contributed by atoms with van der Waals surface area (Å²) in [5, 5.41) is 0. The number of carbonyl (C=O) groups is 1. The van der Waals surface area contributed by atoms with Crippen molar-refractivity contribution < 1.29 is 4.79 Å². The van der Waals surface area contributed by atoms with E-state index in [0.29, 0.717) is 11.7 Å². The SMILES string of the molecule is Cc1ccc2c(c1)CCCN2CCC1CCCC1=O. The Morgan fingerprint density at radius 3 is 2.95 bits per heavy atom.